The first-order valence-corrected chi connectivity index (χ1v) is 13.8. The molecule has 4 nitrogen and oxygen atoms in total. The second kappa shape index (κ2) is 9.63. The van der Waals surface area contributed by atoms with Gasteiger partial charge in [0.2, 0.25) is 5.88 Å². The van der Waals surface area contributed by atoms with Crippen LogP contribution in [0, 0.1) is 0 Å². The number of fused-ring (bicyclic) bond motifs is 3. The zero-order valence-electron chi connectivity index (χ0n) is 24.1. The predicted molar refractivity (Wildman–Crippen MR) is 166 cm³/mol. The minimum absolute atomic E-state index is 0.0663. The second-order valence-corrected chi connectivity index (χ2v) is 12.5. The quantitative estimate of drug-likeness (QED) is 0.230. The molecule has 3 aromatic heterocycles. The highest BCUT2D eigenvalue weighted by Crippen LogP contribution is 2.38. The molecule has 200 valence electrons. The van der Waals surface area contributed by atoms with Gasteiger partial charge in [-0.2, -0.15) is 0 Å². The van der Waals surface area contributed by atoms with E-state index in [9.17, 15) is 0 Å². The third kappa shape index (κ3) is 4.75. The van der Waals surface area contributed by atoms with Crippen molar-refractivity contribution in [1.29, 1.82) is 0 Å². The molecule has 0 aliphatic rings. The average molecular weight is 526 g/mol. The molecule has 0 bridgehead atoms. The molecule has 0 radical (unpaired) electrons. The van der Waals surface area contributed by atoms with E-state index in [1.54, 1.807) is 6.20 Å². The van der Waals surface area contributed by atoms with Gasteiger partial charge in [-0.05, 0) is 52.9 Å². The summed E-state index contributed by atoms with van der Waals surface area (Å²) in [5.41, 5.74) is 6.65. The molecule has 0 N–H and O–H groups in total. The number of para-hydroxylation sites is 1. The maximum absolute atomic E-state index is 6.04. The molecule has 6 aromatic rings. The Labute approximate surface area is 236 Å². The monoisotopic (exact) mass is 525 g/mol. The topological polar surface area (TPSA) is 39.9 Å². The lowest BCUT2D eigenvalue weighted by molar-refractivity contribution is 0.463. The number of pyridine rings is 2. The van der Waals surface area contributed by atoms with Crippen LogP contribution in [-0.4, -0.2) is 14.5 Å². The van der Waals surface area contributed by atoms with E-state index < -0.39 is 0 Å². The molecule has 0 saturated carbocycles. The minimum Gasteiger partial charge on any atom is -0.439 e. The van der Waals surface area contributed by atoms with E-state index in [1.165, 1.54) is 16.3 Å². The third-order valence-electron chi connectivity index (χ3n) is 7.36. The summed E-state index contributed by atoms with van der Waals surface area (Å²) >= 11 is 0. The van der Waals surface area contributed by atoms with Crippen molar-refractivity contribution in [3.05, 3.63) is 115 Å². The third-order valence-corrected chi connectivity index (χ3v) is 7.36. The maximum atomic E-state index is 6.04. The minimum atomic E-state index is -0.0782. The van der Waals surface area contributed by atoms with Crippen LogP contribution in [0.3, 0.4) is 0 Å². The van der Waals surface area contributed by atoms with Crippen molar-refractivity contribution < 1.29 is 4.74 Å². The van der Waals surface area contributed by atoms with Gasteiger partial charge in [-0.1, -0.05) is 96.1 Å². The lowest BCUT2D eigenvalue weighted by Gasteiger charge is -2.26. The van der Waals surface area contributed by atoms with Gasteiger partial charge < -0.3 is 4.74 Å². The molecule has 0 spiro atoms. The number of benzene rings is 3. The molecule has 0 fully saturated rings. The first kappa shape index (κ1) is 25.8. The van der Waals surface area contributed by atoms with Crippen molar-refractivity contribution in [2.24, 2.45) is 0 Å². The first-order chi connectivity index (χ1) is 19.1. The lowest BCUT2D eigenvalue weighted by atomic mass is 9.85. The van der Waals surface area contributed by atoms with Gasteiger partial charge in [-0.3, -0.25) is 4.57 Å². The van der Waals surface area contributed by atoms with E-state index in [-0.39, 0.29) is 10.8 Å². The molecule has 0 saturated heterocycles. The Bertz CT molecular complexity index is 1840. The van der Waals surface area contributed by atoms with Crippen LogP contribution >= 0.6 is 0 Å². The van der Waals surface area contributed by atoms with Crippen molar-refractivity contribution in [3.8, 4) is 28.6 Å². The number of ether oxygens (including phenoxy) is 1. The van der Waals surface area contributed by atoms with Gasteiger partial charge in [0.1, 0.15) is 11.6 Å². The van der Waals surface area contributed by atoms with E-state index in [2.05, 4.69) is 118 Å². The van der Waals surface area contributed by atoms with Gasteiger partial charge in [0.05, 0.1) is 11.0 Å². The van der Waals surface area contributed by atoms with Crippen molar-refractivity contribution >= 4 is 21.8 Å². The van der Waals surface area contributed by atoms with Crippen molar-refractivity contribution in [2.45, 2.75) is 52.4 Å². The normalized spacial score (nSPS) is 12.2. The summed E-state index contributed by atoms with van der Waals surface area (Å²) in [6.07, 6.45) is 1.74. The summed E-state index contributed by atoms with van der Waals surface area (Å²) in [5, 5.41) is 2.43. The van der Waals surface area contributed by atoms with E-state index >= 15 is 0 Å². The fourth-order valence-corrected chi connectivity index (χ4v) is 5.27. The van der Waals surface area contributed by atoms with Crippen molar-refractivity contribution in [2.75, 3.05) is 0 Å². The molecular formula is C36H35N3O. The second-order valence-electron chi connectivity index (χ2n) is 12.5. The summed E-state index contributed by atoms with van der Waals surface area (Å²) in [7, 11) is 0. The fraction of sp³-hybridized carbons (Fsp3) is 0.222. The van der Waals surface area contributed by atoms with Crippen LogP contribution in [0.4, 0.5) is 0 Å². The maximum Gasteiger partial charge on any atom is 0.219 e. The van der Waals surface area contributed by atoms with Gasteiger partial charge in [-0.15, -0.1) is 0 Å². The van der Waals surface area contributed by atoms with Crippen molar-refractivity contribution in [3.63, 3.8) is 0 Å². The average Bonchev–Trinajstić information content (AvgIpc) is 3.26. The smallest absolute Gasteiger partial charge is 0.219 e. The molecule has 3 heterocycles. The predicted octanol–water partition coefficient (Wildman–Crippen LogP) is 9.63. The van der Waals surface area contributed by atoms with E-state index in [0.29, 0.717) is 5.88 Å². The molecule has 0 atom stereocenters. The Morgan fingerprint density at radius 1 is 0.625 bits per heavy atom. The zero-order chi connectivity index (χ0) is 28.1. The van der Waals surface area contributed by atoms with Crippen LogP contribution in [0.5, 0.6) is 11.6 Å². The Balaban J connectivity index is 1.58. The number of hydrogen-bond acceptors (Lipinski definition) is 3. The first-order valence-electron chi connectivity index (χ1n) is 13.8. The Hall–Kier alpha value is -4.44. The molecular weight excluding hydrogens is 490 g/mol. The standard InChI is InChI=1S/C36H35N3O/c1-35(2,3)29-19-20-32(36(4,5)6)38-34(29)39-30-15-8-7-14-27(30)28-18-17-25(23-31(28)39)24-12-11-13-26(22-24)40-33-16-9-10-21-37-33/h7-23H,1-6H3. The molecule has 4 heteroatoms. The molecule has 40 heavy (non-hydrogen) atoms. The van der Waals surface area contributed by atoms with E-state index in [4.69, 9.17) is 9.72 Å². The van der Waals surface area contributed by atoms with E-state index in [1.807, 2.05) is 30.3 Å². The molecule has 0 amide bonds. The van der Waals surface area contributed by atoms with Gasteiger partial charge in [0, 0.05) is 39.7 Å². The summed E-state index contributed by atoms with van der Waals surface area (Å²) in [5.74, 6) is 2.33. The molecule has 3 aromatic carbocycles. The number of hydrogen-bond donors (Lipinski definition) is 0. The van der Waals surface area contributed by atoms with Gasteiger partial charge >= 0.3 is 0 Å². The number of aromatic nitrogens is 3. The number of rotatable bonds is 4. The van der Waals surface area contributed by atoms with Crippen LogP contribution < -0.4 is 4.74 Å². The molecule has 0 aliphatic carbocycles. The van der Waals surface area contributed by atoms with Gasteiger partial charge in [0.25, 0.3) is 0 Å². The van der Waals surface area contributed by atoms with Gasteiger partial charge in [0.15, 0.2) is 0 Å². The largest absolute Gasteiger partial charge is 0.439 e. The highest BCUT2D eigenvalue weighted by Gasteiger charge is 2.26. The Morgan fingerprint density at radius 3 is 2.12 bits per heavy atom. The zero-order valence-corrected chi connectivity index (χ0v) is 24.1. The summed E-state index contributed by atoms with van der Waals surface area (Å²) in [6.45, 7) is 13.4. The van der Waals surface area contributed by atoms with Crippen molar-refractivity contribution in [1.82, 2.24) is 14.5 Å². The van der Waals surface area contributed by atoms with Gasteiger partial charge in [-0.25, -0.2) is 9.97 Å². The van der Waals surface area contributed by atoms with Crippen LogP contribution in [0.25, 0.3) is 38.8 Å². The molecule has 6 rings (SSSR count). The van der Waals surface area contributed by atoms with Crippen LogP contribution in [-0.2, 0) is 10.8 Å². The lowest BCUT2D eigenvalue weighted by Crippen LogP contribution is -2.21. The highest BCUT2D eigenvalue weighted by molar-refractivity contribution is 6.10. The Kier molecular flexibility index (Phi) is 6.22. The molecule has 0 unspecified atom stereocenters. The Morgan fingerprint density at radius 2 is 1.38 bits per heavy atom. The van der Waals surface area contributed by atoms with Crippen LogP contribution in [0.15, 0.2) is 103 Å². The van der Waals surface area contributed by atoms with Crippen LogP contribution in [0.2, 0.25) is 0 Å². The van der Waals surface area contributed by atoms with Crippen LogP contribution in [0.1, 0.15) is 52.8 Å². The van der Waals surface area contributed by atoms with E-state index in [0.717, 1.165) is 39.4 Å². The molecule has 0 aliphatic heterocycles. The highest BCUT2D eigenvalue weighted by atomic mass is 16.5. The summed E-state index contributed by atoms with van der Waals surface area (Å²) in [4.78, 5) is 9.66. The summed E-state index contributed by atoms with van der Waals surface area (Å²) < 4.78 is 8.40. The SMILES string of the molecule is CC(C)(C)c1ccc(C(C)(C)C)c(-n2c3ccccc3c3ccc(-c4cccc(Oc5ccccn5)c4)cc32)n1. The summed E-state index contributed by atoms with van der Waals surface area (Å²) in [6, 6.07) is 33.7. The fourth-order valence-electron chi connectivity index (χ4n) is 5.27. The number of nitrogens with zero attached hydrogens (tertiary/aromatic N) is 3.